The molecule has 3 nitrogen and oxygen atoms in total. The summed E-state index contributed by atoms with van der Waals surface area (Å²) < 4.78 is 5.29. The number of ketones is 1. The van der Waals surface area contributed by atoms with Crippen molar-refractivity contribution < 1.29 is 9.53 Å². The van der Waals surface area contributed by atoms with Gasteiger partial charge in [0.15, 0.2) is 5.78 Å². The zero-order chi connectivity index (χ0) is 9.84. The SMILES string of the molecule is CC(C)OCC(=O)C1CCNC1C. The molecule has 0 bridgehead atoms. The summed E-state index contributed by atoms with van der Waals surface area (Å²) in [6, 6.07) is 0.322. The summed E-state index contributed by atoms with van der Waals surface area (Å²) in [5.41, 5.74) is 0. The van der Waals surface area contributed by atoms with Crippen LogP contribution in [0.25, 0.3) is 0 Å². The number of hydrogen-bond acceptors (Lipinski definition) is 3. The summed E-state index contributed by atoms with van der Waals surface area (Å²) in [6.07, 6.45) is 1.11. The van der Waals surface area contributed by atoms with Gasteiger partial charge in [0.25, 0.3) is 0 Å². The lowest BCUT2D eigenvalue weighted by molar-refractivity contribution is -0.129. The van der Waals surface area contributed by atoms with Crippen molar-refractivity contribution in [1.29, 1.82) is 0 Å². The zero-order valence-electron chi connectivity index (χ0n) is 8.67. The molecular weight excluding hydrogens is 166 g/mol. The Morgan fingerprint density at radius 3 is 2.77 bits per heavy atom. The van der Waals surface area contributed by atoms with Crippen molar-refractivity contribution in [2.45, 2.75) is 39.3 Å². The van der Waals surface area contributed by atoms with Crippen molar-refractivity contribution in [3.8, 4) is 0 Å². The van der Waals surface area contributed by atoms with Crippen LogP contribution in [0.5, 0.6) is 0 Å². The Hall–Kier alpha value is -0.410. The summed E-state index contributed by atoms with van der Waals surface area (Å²) in [5.74, 6) is 0.407. The number of carbonyl (C=O) groups excluding carboxylic acids is 1. The molecule has 3 heteroatoms. The zero-order valence-corrected chi connectivity index (χ0v) is 8.67. The van der Waals surface area contributed by atoms with E-state index in [4.69, 9.17) is 4.74 Å². The van der Waals surface area contributed by atoms with E-state index in [0.717, 1.165) is 13.0 Å². The second-order valence-electron chi connectivity index (χ2n) is 3.96. The molecule has 1 fully saturated rings. The quantitative estimate of drug-likeness (QED) is 0.709. The van der Waals surface area contributed by atoms with E-state index in [1.165, 1.54) is 0 Å². The summed E-state index contributed by atoms with van der Waals surface area (Å²) in [7, 11) is 0. The van der Waals surface area contributed by atoms with Crippen LogP contribution in [0.3, 0.4) is 0 Å². The first-order valence-corrected chi connectivity index (χ1v) is 4.99. The van der Waals surface area contributed by atoms with Crippen molar-refractivity contribution in [2.75, 3.05) is 13.2 Å². The molecule has 1 aliphatic heterocycles. The smallest absolute Gasteiger partial charge is 0.163 e. The third-order valence-corrected chi connectivity index (χ3v) is 2.50. The average Bonchev–Trinajstić information content (AvgIpc) is 2.47. The van der Waals surface area contributed by atoms with Gasteiger partial charge in [0.05, 0.1) is 6.10 Å². The first kappa shape index (κ1) is 10.7. The Balaban J connectivity index is 2.30. The van der Waals surface area contributed by atoms with E-state index >= 15 is 0 Å². The van der Waals surface area contributed by atoms with E-state index in [0.29, 0.717) is 6.04 Å². The van der Waals surface area contributed by atoms with Gasteiger partial charge in [-0.1, -0.05) is 0 Å². The standard InChI is InChI=1S/C10H19NO2/c1-7(2)13-6-10(12)9-4-5-11-8(9)3/h7-9,11H,4-6H2,1-3H3. The third kappa shape index (κ3) is 3.08. The Morgan fingerprint density at radius 1 is 1.62 bits per heavy atom. The van der Waals surface area contributed by atoms with Crippen molar-refractivity contribution in [3.63, 3.8) is 0 Å². The number of hydrogen-bond donors (Lipinski definition) is 1. The molecule has 0 radical (unpaired) electrons. The van der Waals surface area contributed by atoms with Gasteiger partial charge in [0, 0.05) is 12.0 Å². The van der Waals surface area contributed by atoms with Gasteiger partial charge >= 0.3 is 0 Å². The molecule has 1 heterocycles. The fourth-order valence-electron chi connectivity index (χ4n) is 1.65. The molecule has 0 aromatic carbocycles. The van der Waals surface area contributed by atoms with E-state index in [-0.39, 0.29) is 24.4 Å². The van der Waals surface area contributed by atoms with Gasteiger partial charge in [-0.25, -0.2) is 0 Å². The van der Waals surface area contributed by atoms with Gasteiger partial charge in [0.1, 0.15) is 6.61 Å². The van der Waals surface area contributed by atoms with Crippen molar-refractivity contribution in [3.05, 3.63) is 0 Å². The summed E-state index contributed by atoms with van der Waals surface area (Å²) in [5, 5.41) is 3.26. The van der Waals surface area contributed by atoms with Gasteiger partial charge < -0.3 is 10.1 Å². The van der Waals surface area contributed by atoms with Gasteiger partial charge in [-0.2, -0.15) is 0 Å². The number of ether oxygens (including phenoxy) is 1. The highest BCUT2D eigenvalue weighted by atomic mass is 16.5. The van der Waals surface area contributed by atoms with Crippen molar-refractivity contribution >= 4 is 5.78 Å². The Labute approximate surface area is 79.8 Å². The Kier molecular flexibility index (Phi) is 3.88. The van der Waals surface area contributed by atoms with Crippen LogP contribution in [-0.4, -0.2) is 31.1 Å². The highest BCUT2D eigenvalue weighted by Crippen LogP contribution is 2.16. The molecule has 0 aliphatic carbocycles. The lowest BCUT2D eigenvalue weighted by Crippen LogP contribution is -2.31. The van der Waals surface area contributed by atoms with Crippen LogP contribution < -0.4 is 5.32 Å². The van der Waals surface area contributed by atoms with E-state index in [1.807, 2.05) is 13.8 Å². The van der Waals surface area contributed by atoms with E-state index in [1.54, 1.807) is 0 Å². The molecule has 2 atom stereocenters. The molecular formula is C10H19NO2. The fourth-order valence-corrected chi connectivity index (χ4v) is 1.65. The van der Waals surface area contributed by atoms with Crippen LogP contribution in [-0.2, 0) is 9.53 Å². The molecule has 1 rings (SSSR count). The highest BCUT2D eigenvalue weighted by Gasteiger charge is 2.28. The fraction of sp³-hybridized carbons (Fsp3) is 0.900. The topological polar surface area (TPSA) is 38.3 Å². The first-order chi connectivity index (χ1) is 6.11. The predicted octanol–water partition coefficient (Wildman–Crippen LogP) is 0.978. The van der Waals surface area contributed by atoms with E-state index in [9.17, 15) is 4.79 Å². The maximum absolute atomic E-state index is 11.6. The Bertz CT molecular complexity index is 180. The molecule has 0 aromatic heterocycles. The highest BCUT2D eigenvalue weighted by molar-refractivity contribution is 5.83. The summed E-state index contributed by atoms with van der Waals surface area (Å²) >= 11 is 0. The maximum atomic E-state index is 11.6. The first-order valence-electron chi connectivity index (χ1n) is 4.99. The lowest BCUT2D eigenvalue weighted by atomic mass is 9.97. The van der Waals surface area contributed by atoms with Gasteiger partial charge in [-0.05, 0) is 33.7 Å². The van der Waals surface area contributed by atoms with Crippen LogP contribution in [0.1, 0.15) is 27.2 Å². The molecule has 0 spiro atoms. The lowest BCUT2D eigenvalue weighted by Gasteiger charge is -2.14. The van der Waals surface area contributed by atoms with Gasteiger partial charge in [0.2, 0.25) is 0 Å². The van der Waals surface area contributed by atoms with Crippen LogP contribution in [0.2, 0.25) is 0 Å². The predicted molar refractivity (Wildman–Crippen MR) is 51.7 cm³/mol. The maximum Gasteiger partial charge on any atom is 0.163 e. The minimum absolute atomic E-state index is 0.147. The van der Waals surface area contributed by atoms with Gasteiger partial charge in [-0.15, -0.1) is 0 Å². The van der Waals surface area contributed by atoms with Crippen LogP contribution in [0.4, 0.5) is 0 Å². The normalized spacial score (nSPS) is 28.3. The van der Waals surface area contributed by atoms with Gasteiger partial charge in [-0.3, -0.25) is 4.79 Å². The third-order valence-electron chi connectivity index (χ3n) is 2.50. The van der Waals surface area contributed by atoms with E-state index < -0.39 is 0 Å². The summed E-state index contributed by atoms with van der Waals surface area (Å²) in [4.78, 5) is 11.6. The molecule has 1 aliphatic rings. The summed E-state index contributed by atoms with van der Waals surface area (Å²) in [6.45, 7) is 7.19. The molecule has 13 heavy (non-hydrogen) atoms. The molecule has 1 N–H and O–H groups in total. The molecule has 1 saturated heterocycles. The molecule has 0 aromatic rings. The number of Topliss-reactive ketones (excluding diaryl/α,β-unsaturated/α-hetero) is 1. The minimum atomic E-state index is 0.147. The average molecular weight is 185 g/mol. The van der Waals surface area contributed by atoms with Crippen LogP contribution in [0, 0.1) is 5.92 Å². The molecule has 76 valence electrons. The monoisotopic (exact) mass is 185 g/mol. The van der Waals surface area contributed by atoms with Crippen molar-refractivity contribution in [2.24, 2.45) is 5.92 Å². The minimum Gasteiger partial charge on any atom is -0.371 e. The number of rotatable bonds is 4. The number of carbonyl (C=O) groups is 1. The molecule has 0 amide bonds. The Morgan fingerprint density at radius 2 is 2.31 bits per heavy atom. The van der Waals surface area contributed by atoms with E-state index in [2.05, 4.69) is 12.2 Å². The van der Waals surface area contributed by atoms with Crippen LogP contribution in [0.15, 0.2) is 0 Å². The largest absolute Gasteiger partial charge is 0.371 e. The van der Waals surface area contributed by atoms with Crippen molar-refractivity contribution in [1.82, 2.24) is 5.32 Å². The molecule has 0 saturated carbocycles. The second kappa shape index (κ2) is 4.72. The second-order valence-corrected chi connectivity index (χ2v) is 3.96. The van der Waals surface area contributed by atoms with Crippen LogP contribution >= 0.6 is 0 Å². The molecule has 2 unspecified atom stereocenters. The number of nitrogens with one attached hydrogen (secondary N) is 1.